The van der Waals surface area contributed by atoms with E-state index in [2.05, 4.69) is 10.6 Å². The summed E-state index contributed by atoms with van der Waals surface area (Å²) in [5.41, 5.74) is 0.665. The molecule has 0 saturated carbocycles. The zero-order valence-electron chi connectivity index (χ0n) is 6.77. The molecule has 1 rings (SSSR count). The molecule has 0 aromatic carbocycles. The van der Waals surface area contributed by atoms with Crippen LogP contribution in [0, 0.1) is 6.92 Å². The van der Waals surface area contributed by atoms with Gasteiger partial charge in [0, 0.05) is 17.3 Å². The molecule has 0 fully saturated rings. The Bertz CT molecular complexity index is 298. The molecule has 3 nitrogen and oxygen atoms in total. The van der Waals surface area contributed by atoms with Crippen LogP contribution in [0.15, 0.2) is 5.38 Å². The molecule has 0 aliphatic heterocycles. The van der Waals surface area contributed by atoms with Crippen LogP contribution in [0.4, 0.5) is 10.5 Å². The van der Waals surface area contributed by atoms with Gasteiger partial charge in [0.2, 0.25) is 0 Å². The van der Waals surface area contributed by atoms with Crippen molar-refractivity contribution in [1.82, 2.24) is 5.32 Å². The van der Waals surface area contributed by atoms with E-state index in [0.29, 0.717) is 10.7 Å². The summed E-state index contributed by atoms with van der Waals surface area (Å²) < 4.78 is 0. The third-order valence-electron chi connectivity index (χ3n) is 1.37. The van der Waals surface area contributed by atoms with Crippen LogP contribution in [0.3, 0.4) is 0 Å². The van der Waals surface area contributed by atoms with E-state index in [9.17, 15) is 4.79 Å². The van der Waals surface area contributed by atoms with Gasteiger partial charge in [0.1, 0.15) is 0 Å². The molecule has 0 atom stereocenters. The molecule has 1 aromatic heterocycles. The first-order valence-electron chi connectivity index (χ1n) is 3.37. The van der Waals surface area contributed by atoms with Gasteiger partial charge in [-0.2, -0.15) is 0 Å². The molecule has 5 heteroatoms. The summed E-state index contributed by atoms with van der Waals surface area (Å²) in [5.74, 6) is 0. The number of nitrogens with one attached hydrogen (secondary N) is 2. The Morgan fingerprint density at radius 3 is 2.75 bits per heavy atom. The number of urea groups is 1. The molecule has 0 radical (unpaired) electrons. The fourth-order valence-electron chi connectivity index (χ4n) is 0.710. The molecule has 66 valence electrons. The lowest BCUT2D eigenvalue weighted by Crippen LogP contribution is -2.24. The molecule has 0 spiro atoms. The molecule has 1 aromatic rings. The highest BCUT2D eigenvalue weighted by Crippen LogP contribution is 2.31. The van der Waals surface area contributed by atoms with E-state index >= 15 is 0 Å². The van der Waals surface area contributed by atoms with E-state index in [4.69, 9.17) is 11.6 Å². The van der Waals surface area contributed by atoms with Gasteiger partial charge in [-0.25, -0.2) is 4.79 Å². The monoisotopic (exact) mass is 204 g/mol. The number of halogens is 1. The Balaban J connectivity index is 2.76. The van der Waals surface area contributed by atoms with E-state index in [1.807, 2.05) is 12.3 Å². The maximum absolute atomic E-state index is 10.9. The van der Waals surface area contributed by atoms with Crippen LogP contribution in [0.1, 0.15) is 4.88 Å². The lowest BCUT2D eigenvalue weighted by Gasteiger charge is -2.01. The fourth-order valence-corrected chi connectivity index (χ4v) is 1.69. The zero-order chi connectivity index (χ0) is 9.14. The van der Waals surface area contributed by atoms with Crippen molar-refractivity contribution in [1.29, 1.82) is 0 Å². The van der Waals surface area contributed by atoms with Crippen molar-refractivity contribution in [3.05, 3.63) is 15.3 Å². The molecule has 0 saturated heterocycles. The summed E-state index contributed by atoms with van der Waals surface area (Å²) in [5, 5.41) is 7.48. The number of hydrogen-bond donors (Lipinski definition) is 2. The third-order valence-corrected chi connectivity index (χ3v) is 2.88. The van der Waals surface area contributed by atoms with Gasteiger partial charge in [-0.15, -0.1) is 11.3 Å². The van der Waals surface area contributed by atoms with E-state index in [0.717, 1.165) is 4.88 Å². The number of aryl methyl sites for hydroxylation is 1. The SMILES string of the molecule is CNC(=O)Nc1csc(C)c1Cl. The number of thiophene rings is 1. The molecule has 1 heterocycles. The largest absolute Gasteiger partial charge is 0.341 e. The molecule has 0 aliphatic carbocycles. The first-order chi connectivity index (χ1) is 5.65. The number of carbonyl (C=O) groups excluding carboxylic acids is 1. The second-order valence-corrected chi connectivity index (χ2v) is 3.69. The van der Waals surface area contributed by atoms with Crippen LogP contribution >= 0.6 is 22.9 Å². The Morgan fingerprint density at radius 2 is 2.33 bits per heavy atom. The first-order valence-corrected chi connectivity index (χ1v) is 4.63. The minimum atomic E-state index is -0.255. The standard InChI is InChI=1S/C7H9ClN2OS/c1-4-6(8)5(3-12-4)10-7(11)9-2/h3H,1-2H3,(H2,9,10,11). The van der Waals surface area contributed by atoms with E-state index in [-0.39, 0.29) is 6.03 Å². The van der Waals surface area contributed by atoms with Crippen molar-refractivity contribution in [2.24, 2.45) is 0 Å². The summed E-state index contributed by atoms with van der Waals surface area (Å²) in [6, 6.07) is -0.255. The van der Waals surface area contributed by atoms with Crippen LogP contribution < -0.4 is 10.6 Å². The van der Waals surface area contributed by atoms with Gasteiger partial charge in [-0.05, 0) is 6.92 Å². The predicted octanol–water partition coefficient (Wildman–Crippen LogP) is 2.46. The zero-order valence-corrected chi connectivity index (χ0v) is 8.34. The average Bonchev–Trinajstić information content (AvgIpc) is 2.36. The topological polar surface area (TPSA) is 41.1 Å². The number of hydrogen-bond acceptors (Lipinski definition) is 2. The van der Waals surface area contributed by atoms with Gasteiger partial charge >= 0.3 is 6.03 Å². The molecule has 2 amide bonds. The van der Waals surface area contributed by atoms with Crippen LogP contribution in [-0.2, 0) is 0 Å². The summed E-state index contributed by atoms with van der Waals surface area (Å²) in [6.45, 7) is 1.90. The highest BCUT2D eigenvalue weighted by atomic mass is 35.5. The Morgan fingerprint density at radius 1 is 1.67 bits per heavy atom. The number of amides is 2. The predicted molar refractivity (Wildman–Crippen MR) is 52.1 cm³/mol. The highest BCUT2D eigenvalue weighted by Gasteiger charge is 2.07. The molecule has 12 heavy (non-hydrogen) atoms. The maximum Gasteiger partial charge on any atom is 0.319 e. The van der Waals surface area contributed by atoms with Gasteiger partial charge in [-0.3, -0.25) is 0 Å². The summed E-state index contributed by atoms with van der Waals surface area (Å²) in [4.78, 5) is 11.9. The van der Waals surface area contributed by atoms with E-state index in [1.165, 1.54) is 11.3 Å². The highest BCUT2D eigenvalue weighted by molar-refractivity contribution is 7.11. The van der Waals surface area contributed by atoms with Crippen molar-refractivity contribution >= 4 is 34.7 Å². The van der Waals surface area contributed by atoms with E-state index < -0.39 is 0 Å². The normalized spacial score (nSPS) is 9.58. The summed E-state index contributed by atoms with van der Waals surface area (Å²) in [6.07, 6.45) is 0. The molecule has 0 unspecified atom stereocenters. The lowest BCUT2D eigenvalue weighted by molar-refractivity contribution is 0.254. The Hall–Kier alpha value is -0.740. The van der Waals surface area contributed by atoms with E-state index in [1.54, 1.807) is 7.05 Å². The van der Waals surface area contributed by atoms with Crippen molar-refractivity contribution in [3.8, 4) is 0 Å². The van der Waals surface area contributed by atoms with Gasteiger partial charge in [0.25, 0.3) is 0 Å². The van der Waals surface area contributed by atoms with Gasteiger partial charge in [0.05, 0.1) is 10.7 Å². The Labute approximate surface area is 79.7 Å². The van der Waals surface area contributed by atoms with Crippen LogP contribution in [0.2, 0.25) is 5.02 Å². The fraction of sp³-hybridized carbons (Fsp3) is 0.286. The number of rotatable bonds is 1. The van der Waals surface area contributed by atoms with Crippen molar-refractivity contribution < 1.29 is 4.79 Å². The molecule has 0 aliphatic rings. The number of anilines is 1. The minimum absolute atomic E-state index is 0.255. The second-order valence-electron chi connectivity index (χ2n) is 2.22. The Kier molecular flexibility index (Phi) is 2.94. The lowest BCUT2D eigenvalue weighted by atomic mass is 10.4. The summed E-state index contributed by atoms with van der Waals surface area (Å²) >= 11 is 7.39. The quantitative estimate of drug-likeness (QED) is 0.725. The van der Waals surface area contributed by atoms with Crippen molar-refractivity contribution in [2.45, 2.75) is 6.92 Å². The number of carbonyl (C=O) groups is 1. The summed E-state index contributed by atoms with van der Waals surface area (Å²) in [7, 11) is 1.56. The molecule has 2 N–H and O–H groups in total. The van der Waals surface area contributed by atoms with Crippen molar-refractivity contribution in [2.75, 3.05) is 12.4 Å². The average molecular weight is 205 g/mol. The van der Waals surface area contributed by atoms with Crippen molar-refractivity contribution in [3.63, 3.8) is 0 Å². The van der Waals surface area contributed by atoms with Gasteiger partial charge in [0.15, 0.2) is 0 Å². The first kappa shape index (κ1) is 9.35. The molecular weight excluding hydrogens is 196 g/mol. The van der Waals surface area contributed by atoms with Crippen LogP contribution in [0.25, 0.3) is 0 Å². The smallest absolute Gasteiger partial charge is 0.319 e. The molecule has 0 bridgehead atoms. The second kappa shape index (κ2) is 3.78. The minimum Gasteiger partial charge on any atom is -0.341 e. The maximum atomic E-state index is 10.9. The van der Waals surface area contributed by atoms with Gasteiger partial charge in [-0.1, -0.05) is 11.6 Å². The third kappa shape index (κ3) is 1.89. The molecular formula is C7H9ClN2OS. The van der Waals surface area contributed by atoms with Crippen LogP contribution in [0.5, 0.6) is 0 Å². The van der Waals surface area contributed by atoms with Gasteiger partial charge < -0.3 is 10.6 Å². The van der Waals surface area contributed by atoms with Crippen LogP contribution in [-0.4, -0.2) is 13.1 Å².